The fraction of sp³-hybridized carbons (Fsp3) is 0.125. The third kappa shape index (κ3) is 5.25. The number of halogens is 1. The van der Waals surface area contributed by atoms with E-state index < -0.39 is 0 Å². The summed E-state index contributed by atoms with van der Waals surface area (Å²) in [5, 5.41) is 11.5. The van der Waals surface area contributed by atoms with Crippen LogP contribution in [0, 0.1) is 0 Å². The van der Waals surface area contributed by atoms with Crippen LogP contribution < -0.4 is 16.2 Å². The standard InChI is InChI=1S/C16H14ClN5O2S2/c17-11-2-1-3-12(8-11)18-16(25)21-20-13(23)4-5-14-19-15(22-24-14)10-6-7-26-9-10/h1-3,6-9H,4-5H2,(H,20,23)(H2,18,21,25). The molecule has 2 heterocycles. The Hall–Kier alpha value is -2.49. The number of nitrogens with zero attached hydrogens (tertiary/aromatic N) is 2. The molecule has 0 fully saturated rings. The van der Waals surface area contributed by atoms with E-state index >= 15 is 0 Å². The maximum atomic E-state index is 11.9. The molecule has 10 heteroatoms. The van der Waals surface area contributed by atoms with Gasteiger partial charge in [0.15, 0.2) is 5.11 Å². The molecule has 2 aromatic heterocycles. The van der Waals surface area contributed by atoms with Crippen LogP contribution in [0.25, 0.3) is 11.4 Å². The number of hydrogen-bond donors (Lipinski definition) is 3. The quantitative estimate of drug-likeness (QED) is 0.441. The van der Waals surface area contributed by atoms with Crippen molar-refractivity contribution in [2.75, 3.05) is 5.32 Å². The topological polar surface area (TPSA) is 92.1 Å². The Kier molecular flexibility index (Phi) is 6.16. The summed E-state index contributed by atoms with van der Waals surface area (Å²) in [5.41, 5.74) is 6.75. The van der Waals surface area contributed by atoms with Gasteiger partial charge in [-0.1, -0.05) is 22.8 Å². The molecule has 0 radical (unpaired) electrons. The van der Waals surface area contributed by atoms with Crippen molar-refractivity contribution in [3.8, 4) is 11.4 Å². The molecule has 3 rings (SSSR count). The van der Waals surface area contributed by atoms with E-state index in [-0.39, 0.29) is 17.4 Å². The highest BCUT2D eigenvalue weighted by Crippen LogP contribution is 2.19. The number of amides is 1. The van der Waals surface area contributed by atoms with Crippen molar-refractivity contribution in [3.05, 3.63) is 52.0 Å². The predicted molar refractivity (Wildman–Crippen MR) is 105 cm³/mol. The Bertz CT molecular complexity index is 898. The summed E-state index contributed by atoms with van der Waals surface area (Å²) in [6.45, 7) is 0. The van der Waals surface area contributed by atoms with Crippen molar-refractivity contribution in [2.24, 2.45) is 0 Å². The molecule has 0 aliphatic rings. The van der Waals surface area contributed by atoms with Gasteiger partial charge < -0.3 is 9.84 Å². The lowest BCUT2D eigenvalue weighted by atomic mass is 10.3. The maximum Gasteiger partial charge on any atom is 0.238 e. The first-order chi connectivity index (χ1) is 12.6. The summed E-state index contributed by atoms with van der Waals surface area (Å²) in [4.78, 5) is 16.2. The molecule has 7 nitrogen and oxygen atoms in total. The number of aryl methyl sites for hydroxylation is 1. The highest BCUT2D eigenvalue weighted by atomic mass is 35.5. The minimum atomic E-state index is -0.254. The number of carbonyl (C=O) groups is 1. The van der Waals surface area contributed by atoms with Crippen LogP contribution >= 0.6 is 35.2 Å². The van der Waals surface area contributed by atoms with Crippen LogP contribution in [0.2, 0.25) is 5.02 Å². The molecule has 0 spiro atoms. The highest BCUT2D eigenvalue weighted by Gasteiger charge is 2.11. The van der Waals surface area contributed by atoms with Gasteiger partial charge in [-0.25, -0.2) is 0 Å². The first kappa shape index (κ1) is 18.3. The molecule has 0 aliphatic heterocycles. The molecule has 0 saturated carbocycles. The van der Waals surface area contributed by atoms with Crippen molar-refractivity contribution in [1.29, 1.82) is 0 Å². The number of hydrogen-bond acceptors (Lipinski definition) is 6. The molecule has 134 valence electrons. The average Bonchev–Trinajstić information content (AvgIpc) is 3.29. The normalized spacial score (nSPS) is 10.3. The molecular weight excluding hydrogens is 394 g/mol. The fourth-order valence-corrected chi connectivity index (χ4v) is 3.00. The molecule has 3 N–H and O–H groups in total. The van der Waals surface area contributed by atoms with Crippen LogP contribution in [0.5, 0.6) is 0 Å². The molecule has 0 atom stereocenters. The minimum Gasteiger partial charge on any atom is -0.339 e. The molecule has 0 aliphatic carbocycles. The minimum absolute atomic E-state index is 0.179. The summed E-state index contributed by atoms with van der Waals surface area (Å²) >= 11 is 12.6. The maximum absolute atomic E-state index is 11.9. The van der Waals surface area contributed by atoms with Crippen LogP contribution in [-0.2, 0) is 11.2 Å². The number of carbonyl (C=O) groups excluding carboxylic acids is 1. The van der Waals surface area contributed by atoms with E-state index in [0.717, 1.165) is 11.3 Å². The summed E-state index contributed by atoms with van der Waals surface area (Å²) in [5.74, 6) is 0.670. The Morgan fingerprint density at radius 1 is 1.31 bits per heavy atom. The Labute approximate surface area is 163 Å². The van der Waals surface area contributed by atoms with Crippen molar-refractivity contribution in [2.45, 2.75) is 12.8 Å². The van der Waals surface area contributed by atoms with Crippen LogP contribution in [0.15, 0.2) is 45.6 Å². The first-order valence-corrected chi connectivity index (χ1v) is 9.29. The number of nitrogens with one attached hydrogen (secondary N) is 3. The molecule has 1 aromatic carbocycles. The monoisotopic (exact) mass is 407 g/mol. The molecule has 0 unspecified atom stereocenters. The van der Waals surface area contributed by atoms with E-state index in [4.69, 9.17) is 28.3 Å². The number of thiocarbonyl (C=S) groups is 1. The summed E-state index contributed by atoms with van der Waals surface area (Å²) < 4.78 is 5.15. The molecular formula is C16H14ClN5O2S2. The van der Waals surface area contributed by atoms with E-state index in [0.29, 0.717) is 23.2 Å². The van der Waals surface area contributed by atoms with Crippen molar-refractivity contribution in [1.82, 2.24) is 21.0 Å². The third-order valence-corrected chi connectivity index (χ3v) is 4.33. The molecule has 0 saturated heterocycles. The van der Waals surface area contributed by atoms with E-state index in [9.17, 15) is 4.79 Å². The van der Waals surface area contributed by atoms with Crippen molar-refractivity contribution < 1.29 is 9.32 Å². The van der Waals surface area contributed by atoms with Gasteiger partial charge in [0.2, 0.25) is 17.6 Å². The lowest BCUT2D eigenvalue weighted by molar-refractivity contribution is -0.121. The summed E-state index contributed by atoms with van der Waals surface area (Å²) in [7, 11) is 0. The third-order valence-electron chi connectivity index (χ3n) is 3.21. The number of rotatable bonds is 5. The molecule has 0 bridgehead atoms. The van der Waals surface area contributed by atoms with E-state index in [2.05, 4.69) is 26.3 Å². The van der Waals surface area contributed by atoms with Gasteiger partial charge in [-0.05, 0) is 41.9 Å². The Morgan fingerprint density at radius 3 is 2.96 bits per heavy atom. The van der Waals surface area contributed by atoms with Gasteiger partial charge in [0.1, 0.15) is 0 Å². The van der Waals surface area contributed by atoms with E-state index in [1.165, 1.54) is 0 Å². The van der Waals surface area contributed by atoms with Crippen molar-refractivity contribution >= 4 is 51.9 Å². The number of anilines is 1. The van der Waals surface area contributed by atoms with Gasteiger partial charge in [0, 0.05) is 34.5 Å². The molecule has 3 aromatic rings. The number of thiophene rings is 1. The zero-order valence-electron chi connectivity index (χ0n) is 13.4. The largest absolute Gasteiger partial charge is 0.339 e. The predicted octanol–water partition coefficient (Wildman–Crippen LogP) is 3.40. The number of aromatic nitrogens is 2. The van der Waals surface area contributed by atoms with Gasteiger partial charge in [-0.15, -0.1) is 0 Å². The van der Waals surface area contributed by atoms with Crippen LogP contribution in [0.1, 0.15) is 12.3 Å². The average molecular weight is 408 g/mol. The second-order valence-electron chi connectivity index (χ2n) is 5.16. The summed E-state index contributed by atoms with van der Waals surface area (Å²) in [6.07, 6.45) is 0.511. The molecule has 1 amide bonds. The zero-order valence-corrected chi connectivity index (χ0v) is 15.7. The van der Waals surface area contributed by atoms with E-state index in [1.54, 1.807) is 29.5 Å². The number of hydrazine groups is 1. The second kappa shape index (κ2) is 8.75. The lowest BCUT2D eigenvalue weighted by Crippen LogP contribution is -2.43. The summed E-state index contributed by atoms with van der Waals surface area (Å²) in [6, 6.07) is 8.98. The smallest absolute Gasteiger partial charge is 0.238 e. The van der Waals surface area contributed by atoms with E-state index in [1.807, 2.05) is 22.9 Å². The SMILES string of the molecule is O=C(CCc1nc(-c2ccsc2)no1)NNC(=S)Nc1cccc(Cl)c1. The van der Waals surface area contributed by atoms with Gasteiger partial charge in [0.05, 0.1) is 0 Å². The zero-order chi connectivity index (χ0) is 18.4. The van der Waals surface area contributed by atoms with Crippen molar-refractivity contribution in [3.63, 3.8) is 0 Å². The van der Waals surface area contributed by atoms with Gasteiger partial charge >= 0.3 is 0 Å². The Morgan fingerprint density at radius 2 is 2.19 bits per heavy atom. The van der Waals surface area contributed by atoms with Gasteiger partial charge in [-0.3, -0.25) is 15.6 Å². The van der Waals surface area contributed by atoms with Gasteiger partial charge in [0.25, 0.3) is 0 Å². The lowest BCUT2D eigenvalue weighted by Gasteiger charge is -2.11. The fourth-order valence-electron chi connectivity index (χ4n) is 2.00. The Balaban J connectivity index is 1.41. The van der Waals surface area contributed by atoms with Crippen LogP contribution in [0.4, 0.5) is 5.69 Å². The highest BCUT2D eigenvalue weighted by molar-refractivity contribution is 7.80. The molecule has 26 heavy (non-hydrogen) atoms. The second-order valence-corrected chi connectivity index (χ2v) is 6.79. The van der Waals surface area contributed by atoms with Crippen LogP contribution in [-0.4, -0.2) is 21.2 Å². The first-order valence-electron chi connectivity index (χ1n) is 7.57. The number of benzene rings is 1. The van der Waals surface area contributed by atoms with Gasteiger partial charge in [-0.2, -0.15) is 16.3 Å². The van der Waals surface area contributed by atoms with Crippen LogP contribution in [0.3, 0.4) is 0 Å².